The molecule has 0 saturated heterocycles. The summed E-state index contributed by atoms with van der Waals surface area (Å²) in [6.45, 7) is 0. The van der Waals surface area contributed by atoms with E-state index in [1.165, 1.54) is 105 Å². The maximum Gasteiger partial charge on any atom is 0.244 e. The van der Waals surface area contributed by atoms with Crippen molar-refractivity contribution in [2.75, 3.05) is 56.4 Å². The van der Waals surface area contributed by atoms with Crippen molar-refractivity contribution in [1.29, 1.82) is 0 Å². The summed E-state index contributed by atoms with van der Waals surface area (Å²) in [7, 11) is -5.99. The average Bonchev–Trinajstić information content (AvgIpc) is 4.23. The van der Waals surface area contributed by atoms with Crippen LogP contribution in [-0.2, 0) is 65.8 Å². The molecule has 0 fully saturated rings. The highest BCUT2D eigenvalue weighted by Crippen LogP contribution is 2.50. The van der Waals surface area contributed by atoms with Crippen LogP contribution in [0.5, 0.6) is 0 Å². The fourth-order valence-corrected chi connectivity index (χ4v) is 16.7. The van der Waals surface area contributed by atoms with Gasteiger partial charge >= 0.3 is 0 Å². The zero-order valence-electron chi connectivity index (χ0n) is 43.4. The molecule has 2 N–H and O–H groups in total. The maximum atomic E-state index is 13.9. The fourth-order valence-electron chi connectivity index (χ4n) is 9.49. The molecule has 422 valence electrons. The summed E-state index contributed by atoms with van der Waals surface area (Å²) in [6.07, 6.45) is 0.490. The number of nitrogens with zero attached hydrogens (tertiary/aromatic N) is 6. The second-order valence-corrected chi connectivity index (χ2v) is 30.8. The Hall–Kier alpha value is -4.04. The van der Waals surface area contributed by atoms with Gasteiger partial charge in [-0.2, -0.15) is 0 Å². The van der Waals surface area contributed by atoms with Gasteiger partial charge in [-0.15, -0.1) is 0 Å². The lowest BCUT2D eigenvalue weighted by Gasteiger charge is -2.17. The topological polar surface area (TPSA) is 207 Å². The molecule has 28 heteroatoms. The van der Waals surface area contributed by atoms with Crippen molar-refractivity contribution >= 4 is 155 Å². The van der Waals surface area contributed by atoms with E-state index in [4.69, 9.17) is 103 Å². The molecular formula is C52H46Cl8N8O8S4. The van der Waals surface area contributed by atoms with Crippen LogP contribution in [0.2, 0.25) is 40.2 Å². The van der Waals surface area contributed by atoms with E-state index in [1.807, 2.05) is 0 Å². The molecule has 4 aromatic carbocycles. The van der Waals surface area contributed by atoms with Crippen LogP contribution < -0.4 is 0 Å². The van der Waals surface area contributed by atoms with Gasteiger partial charge in [0, 0.05) is 123 Å². The second kappa shape index (κ2) is 22.2. The lowest BCUT2D eigenvalue weighted by atomic mass is 10.00. The molecule has 0 atom stereocenters. The Bertz CT molecular complexity index is 3900. The van der Waals surface area contributed by atoms with Gasteiger partial charge in [-0.1, -0.05) is 92.8 Å². The third-order valence-corrected chi connectivity index (χ3v) is 24.3. The van der Waals surface area contributed by atoms with Crippen LogP contribution in [0.15, 0.2) is 92.4 Å². The highest BCUT2D eigenvalue weighted by molar-refractivity contribution is 7.90. The minimum absolute atomic E-state index is 0.0365. The van der Waals surface area contributed by atoms with Gasteiger partial charge in [-0.25, -0.2) is 50.9 Å². The van der Waals surface area contributed by atoms with Crippen molar-refractivity contribution < 1.29 is 33.7 Å². The van der Waals surface area contributed by atoms with Gasteiger partial charge in [0.2, 0.25) is 40.1 Å². The molecule has 9 rings (SSSR count). The predicted molar refractivity (Wildman–Crippen MR) is 321 cm³/mol. The number of H-pyrrole nitrogens is 2. The first-order valence-electron chi connectivity index (χ1n) is 23.7. The molecule has 16 nitrogen and oxygen atoms in total. The standard InChI is InChI=1S/C52H46Cl8N8O8S4/c1-65(2)77(69,70)37-21-9-25(53)41(49(37)57)45-29-13-15-31(61-29)46(42-26(54)10-22-38(50(42)58)78(71,72)66(3)4)33-17-19-35(63-33)48(44-28(56)12-24-40(52(44)60)80(75,76)68(7)8)36-20-18-34(64-36)47(32-16-14-30(45)62-32)43-27(55)11-23-39(51(43)59)79(73,74)67(5)6/h9-13,15,18,20-24,61,64H,14,16-17,19H2,1-8H3. The molecule has 8 bridgehead atoms. The number of sulfonamides is 4. The molecule has 2 aliphatic heterocycles. The number of aryl methyl sites for hydroxylation is 4. The Morgan fingerprint density at radius 2 is 0.500 bits per heavy atom. The molecule has 0 aliphatic carbocycles. The molecule has 0 unspecified atom stereocenters. The first kappa shape index (κ1) is 60.5. The van der Waals surface area contributed by atoms with E-state index in [2.05, 4.69) is 9.97 Å². The third-order valence-electron chi connectivity index (χ3n) is 13.6. The van der Waals surface area contributed by atoms with Crippen LogP contribution in [-0.4, -0.2) is 127 Å². The minimum Gasteiger partial charge on any atom is -0.354 e. The maximum absolute atomic E-state index is 13.9. The number of halogens is 8. The van der Waals surface area contributed by atoms with Gasteiger partial charge in [0.1, 0.15) is 19.6 Å². The molecular weight excluding hydrogens is 1280 g/mol. The molecule has 5 heterocycles. The molecule has 0 spiro atoms. The molecule has 80 heavy (non-hydrogen) atoms. The van der Waals surface area contributed by atoms with Crippen LogP contribution in [0, 0.1) is 0 Å². The number of hydrogen-bond acceptors (Lipinski definition) is 10. The van der Waals surface area contributed by atoms with Crippen LogP contribution in [0.3, 0.4) is 0 Å². The van der Waals surface area contributed by atoms with Crippen LogP contribution in [0.1, 0.15) is 22.8 Å². The molecule has 3 aromatic heterocycles. The van der Waals surface area contributed by atoms with Gasteiger partial charge in [0.05, 0.1) is 63.0 Å². The first-order chi connectivity index (χ1) is 37.3. The van der Waals surface area contributed by atoms with Crippen LogP contribution >= 0.6 is 92.8 Å². The summed E-state index contributed by atoms with van der Waals surface area (Å²) in [5.41, 5.74) is 3.62. The number of hydrogen-bond donors (Lipinski definition) is 2. The molecule has 0 amide bonds. The molecule has 0 radical (unpaired) electrons. The highest BCUT2D eigenvalue weighted by atomic mass is 35.5. The first-order valence-corrected chi connectivity index (χ1v) is 32.5. The summed E-state index contributed by atoms with van der Waals surface area (Å²) < 4.78 is 116. The summed E-state index contributed by atoms with van der Waals surface area (Å²) in [5, 5.41) is -0.825. The number of aromatic amines is 2. The van der Waals surface area contributed by atoms with Gasteiger partial charge in [0.15, 0.2) is 0 Å². The van der Waals surface area contributed by atoms with E-state index in [-0.39, 0.29) is 152 Å². The Kier molecular flexibility index (Phi) is 16.8. The van der Waals surface area contributed by atoms with Crippen molar-refractivity contribution in [2.24, 2.45) is 0 Å². The Morgan fingerprint density at radius 1 is 0.312 bits per heavy atom. The van der Waals surface area contributed by atoms with E-state index >= 15 is 0 Å². The summed E-state index contributed by atoms with van der Waals surface area (Å²) in [4.78, 5) is 16.4. The fraction of sp³-hybridized carbons (Fsp3) is 0.231. The average molecular weight is 1320 g/mol. The Balaban J connectivity index is 1.58. The van der Waals surface area contributed by atoms with Gasteiger partial charge < -0.3 is 9.97 Å². The molecule has 0 saturated carbocycles. The number of nitrogens with one attached hydrogen (secondary N) is 2. The Morgan fingerprint density at radius 3 is 0.675 bits per heavy atom. The van der Waals surface area contributed by atoms with E-state index in [0.29, 0.717) is 22.8 Å². The molecule has 7 aromatic rings. The number of rotatable bonds is 12. The summed E-state index contributed by atoms with van der Waals surface area (Å²) in [6, 6.07) is 17.5. The SMILES string of the molecule is CN(C)S(=O)(=O)c1ccc(Cl)c(-c2c3nc(c(-c4c(Cl)ccc(S(=O)(=O)N(C)C)c4Cl)c4ccc([nH]4)c(-c4c(Cl)ccc(S(=O)(=O)N(C)C)c4Cl)c4nc(c(-c5c(Cl)ccc(S(=O)(=O)N(C)C)c5Cl)c5ccc2[nH]5)CC4)CC3)c1Cl. The van der Waals surface area contributed by atoms with E-state index in [1.54, 1.807) is 24.3 Å². The van der Waals surface area contributed by atoms with Gasteiger partial charge in [0.25, 0.3) is 0 Å². The van der Waals surface area contributed by atoms with Crippen molar-refractivity contribution in [3.8, 4) is 44.5 Å². The van der Waals surface area contributed by atoms with E-state index < -0.39 is 40.1 Å². The van der Waals surface area contributed by atoms with Crippen molar-refractivity contribution in [3.05, 3.63) is 136 Å². The van der Waals surface area contributed by atoms with E-state index in [0.717, 1.165) is 17.2 Å². The number of aromatic nitrogens is 4. The van der Waals surface area contributed by atoms with E-state index in [9.17, 15) is 33.7 Å². The van der Waals surface area contributed by atoms with Crippen molar-refractivity contribution in [3.63, 3.8) is 0 Å². The monoisotopic (exact) mass is 1320 g/mol. The highest BCUT2D eigenvalue weighted by Gasteiger charge is 2.34. The Labute approximate surface area is 503 Å². The lowest BCUT2D eigenvalue weighted by Crippen LogP contribution is -2.22. The van der Waals surface area contributed by atoms with Crippen LogP contribution in [0.25, 0.3) is 66.6 Å². The lowest BCUT2D eigenvalue weighted by molar-refractivity contribution is 0.520. The smallest absolute Gasteiger partial charge is 0.244 e. The summed E-state index contributed by atoms with van der Waals surface area (Å²) in [5.74, 6) is 0. The number of fused-ring (bicyclic) bond motifs is 8. The minimum atomic E-state index is -4.21. The van der Waals surface area contributed by atoms with Crippen molar-refractivity contribution in [1.82, 2.24) is 37.2 Å². The largest absolute Gasteiger partial charge is 0.354 e. The normalized spacial score (nSPS) is 13.7. The van der Waals surface area contributed by atoms with Crippen LogP contribution in [0.4, 0.5) is 0 Å². The van der Waals surface area contributed by atoms with Crippen molar-refractivity contribution in [2.45, 2.75) is 45.3 Å². The zero-order valence-corrected chi connectivity index (χ0v) is 52.7. The number of benzene rings is 4. The second-order valence-electron chi connectivity index (χ2n) is 19.2. The third kappa shape index (κ3) is 10.3. The van der Waals surface area contributed by atoms with Gasteiger partial charge in [-0.3, -0.25) is 9.97 Å². The van der Waals surface area contributed by atoms with Gasteiger partial charge in [-0.05, 0) is 98.5 Å². The quantitative estimate of drug-likeness (QED) is 0.118. The summed E-state index contributed by atoms with van der Waals surface area (Å²) >= 11 is 57.6. The zero-order chi connectivity index (χ0) is 58.6. The molecule has 2 aliphatic rings. The predicted octanol–water partition coefficient (Wildman–Crippen LogP) is 12.8.